The fourth-order valence-corrected chi connectivity index (χ4v) is 1.68. The molecule has 0 spiro atoms. The lowest BCUT2D eigenvalue weighted by Crippen LogP contribution is -2.19. The van der Waals surface area contributed by atoms with E-state index in [0.717, 1.165) is 13.0 Å². The van der Waals surface area contributed by atoms with Crippen molar-refractivity contribution in [3.05, 3.63) is 42.7 Å². The van der Waals surface area contributed by atoms with Crippen LogP contribution in [0, 0.1) is 0 Å². The van der Waals surface area contributed by atoms with Gasteiger partial charge in [-0.05, 0) is 50.4 Å². The molecule has 0 bridgehead atoms. The SMILES string of the molecule is C=CCCCCCNC(C)c1ccncc1. The standard InChI is InChI=1S/C14H22N2/c1-3-4-5-6-7-10-16-13(2)14-8-11-15-12-9-14/h3,8-9,11-13,16H,1,4-7,10H2,2H3. The highest BCUT2D eigenvalue weighted by Crippen LogP contribution is 2.10. The van der Waals surface area contributed by atoms with E-state index in [1.807, 2.05) is 18.5 Å². The summed E-state index contributed by atoms with van der Waals surface area (Å²) >= 11 is 0. The largest absolute Gasteiger partial charge is 0.310 e. The summed E-state index contributed by atoms with van der Waals surface area (Å²) in [7, 11) is 0. The van der Waals surface area contributed by atoms with E-state index < -0.39 is 0 Å². The molecule has 1 aromatic heterocycles. The number of rotatable bonds is 8. The minimum Gasteiger partial charge on any atom is -0.310 e. The van der Waals surface area contributed by atoms with Crippen molar-refractivity contribution >= 4 is 0 Å². The van der Waals surface area contributed by atoms with Crippen LogP contribution in [0.25, 0.3) is 0 Å². The molecule has 0 amide bonds. The smallest absolute Gasteiger partial charge is 0.0292 e. The van der Waals surface area contributed by atoms with Crippen molar-refractivity contribution in [3.63, 3.8) is 0 Å². The van der Waals surface area contributed by atoms with Crippen molar-refractivity contribution in [2.24, 2.45) is 0 Å². The lowest BCUT2D eigenvalue weighted by Gasteiger charge is -2.13. The topological polar surface area (TPSA) is 24.9 Å². The van der Waals surface area contributed by atoms with Gasteiger partial charge in [0, 0.05) is 18.4 Å². The van der Waals surface area contributed by atoms with Gasteiger partial charge < -0.3 is 5.32 Å². The molecule has 1 atom stereocenters. The summed E-state index contributed by atoms with van der Waals surface area (Å²) in [5.74, 6) is 0. The van der Waals surface area contributed by atoms with Crippen molar-refractivity contribution < 1.29 is 0 Å². The van der Waals surface area contributed by atoms with Gasteiger partial charge in [0.05, 0.1) is 0 Å². The van der Waals surface area contributed by atoms with Crippen molar-refractivity contribution in [2.45, 2.75) is 38.6 Å². The summed E-state index contributed by atoms with van der Waals surface area (Å²) in [5.41, 5.74) is 1.31. The van der Waals surface area contributed by atoms with Gasteiger partial charge in [-0.2, -0.15) is 0 Å². The highest BCUT2D eigenvalue weighted by atomic mass is 14.9. The number of aromatic nitrogens is 1. The Kier molecular flexibility index (Phi) is 6.50. The molecule has 16 heavy (non-hydrogen) atoms. The quantitative estimate of drug-likeness (QED) is 0.534. The van der Waals surface area contributed by atoms with Crippen LogP contribution in [0.15, 0.2) is 37.2 Å². The van der Waals surface area contributed by atoms with Crippen molar-refractivity contribution in [1.82, 2.24) is 10.3 Å². The van der Waals surface area contributed by atoms with Crippen LogP contribution in [0.1, 0.15) is 44.2 Å². The van der Waals surface area contributed by atoms with E-state index >= 15 is 0 Å². The zero-order chi connectivity index (χ0) is 11.6. The number of unbranched alkanes of at least 4 members (excludes halogenated alkanes) is 3. The number of allylic oxidation sites excluding steroid dienone is 1. The van der Waals surface area contributed by atoms with Crippen LogP contribution in [0.4, 0.5) is 0 Å². The van der Waals surface area contributed by atoms with Crippen molar-refractivity contribution in [3.8, 4) is 0 Å². The van der Waals surface area contributed by atoms with Crippen molar-refractivity contribution in [2.75, 3.05) is 6.54 Å². The first kappa shape index (κ1) is 12.9. The first-order chi connectivity index (χ1) is 7.84. The van der Waals surface area contributed by atoms with Crippen LogP contribution in [-0.4, -0.2) is 11.5 Å². The van der Waals surface area contributed by atoms with Crippen LogP contribution in [0.3, 0.4) is 0 Å². The molecule has 1 unspecified atom stereocenters. The van der Waals surface area contributed by atoms with Crippen LogP contribution in [0.5, 0.6) is 0 Å². The van der Waals surface area contributed by atoms with E-state index in [9.17, 15) is 0 Å². The second kappa shape index (κ2) is 8.05. The van der Waals surface area contributed by atoms with E-state index in [1.165, 1.54) is 24.8 Å². The predicted molar refractivity (Wildman–Crippen MR) is 69.3 cm³/mol. The van der Waals surface area contributed by atoms with Crippen LogP contribution in [-0.2, 0) is 0 Å². The van der Waals surface area contributed by atoms with Gasteiger partial charge in [0.2, 0.25) is 0 Å². The Morgan fingerprint density at radius 2 is 2.06 bits per heavy atom. The zero-order valence-electron chi connectivity index (χ0n) is 10.2. The minimum atomic E-state index is 0.419. The zero-order valence-corrected chi connectivity index (χ0v) is 10.2. The van der Waals surface area contributed by atoms with Gasteiger partial charge in [-0.3, -0.25) is 4.98 Å². The number of pyridine rings is 1. The van der Waals surface area contributed by atoms with Gasteiger partial charge in [-0.1, -0.05) is 12.5 Å². The Morgan fingerprint density at radius 1 is 1.31 bits per heavy atom. The number of nitrogens with zero attached hydrogens (tertiary/aromatic N) is 1. The molecule has 88 valence electrons. The minimum absolute atomic E-state index is 0.419. The summed E-state index contributed by atoms with van der Waals surface area (Å²) in [5, 5.41) is 3.52. The molecule has 0 aliphatic rings. The molecule has 0 aliphatic heterocycles. The Morgan fingerprint density at radius 3 is 2.75 bits per heavy atom. The van der Waals surface area contributed by atoms with Crippen LogP contribution < -0.4 is 5.32 Å². The molecule has 0 radical (unpaired) electrons. The Balaban J connectivity index is 2.11. The van der Waals surface area contributed by atoms with Gasteiger partial charge in [-0.25, -0.2) is 0 Å². The lowest BCUT2D eigenvalue weighted by atomic mass is 10.1. The van der Waals surface area contributed by atoms with E-state index in [0.29, 0.717) is 6.04 Å². The highest BCUT2D eigenvalue weighted by Gasteiger charge is 2.02. The summed E-state index contributed by atoms with van der Waals surface area (Å²) in [6.07, 6.45) is 10.6. The van der Waals surface area contributed by atoms with Gasteiger partial charge >= 0.3 is 0 Å². The average Bonchev–Trinajstić information content (AvgIpc) is 2.34. The molecular weight excluding hydrogens is 196 g/mol. The van der Waals surface area contributed by atoms with E-state index in [1.54, 1.807) is 0 Å². The van der Waals surface area contributed by atoms with E-state index in [4.69, 9.17) is 0 Å². The molecule has 2 nitrogen and oxygen atoms in total. The van der Waals surface area contributed by atoms with E-state index in [-0.39, 0.29) is 0 Å². The maximum atomic E-state index is 4.02. The second-order valence-corrected chi connectivity index (χ2v) is 4.09. The maximum Gasteiger partial charge on any atom is 0.0292 e. The Labute approximate surface area is 98.8 Å². The fraction of sp³-hybridized carbons (Fsp3) is 0.500. The Hall–Kier alpha value is -1.15. The summed E-state index contributed by atoms with van der Waals surface area (Å²) in [6.45, 7) is 7.00. The van der Waals surface area contributed by atoms with E-state index in [2.05, 4.69) is 35.9 Å². The first-order valence-electron chi connectivity index (χ1n) is 6.09. The third-order valence-electron chi connectivity index (χ3n) is 2.74. The molecule has 0 saturated carbocycles. The van der Waals surface area contributed by atoms with Gasteiger partial charge in [0.1, 0.15) is 0 Å². The molecular formula is C14H22N2. The fourth-order valence-electron chi connectivity index (χ4n) is 1.68. The van der Waals surface area contributed by atoms with Gasteiger partial charge in [-0.15, -0.1) is 6.58 Å². The normalized spacial score (nSPS) is 12.3. The third kappa shape index (κ3) is 5.08. The second-order valence-electron chi connectivity index (χ2n) is 4.09. The molecule has 1 N–H and O–H groups in total. The summed E-state index contributed by atoms with van der Waals surface area (Å²) < 4.78 is 0. The molecule has 2 heteroatoms. The molecule has 1 heterocycles. The molecule has 0 aromatic carbocycles. The number of hydrogen-bond acceptors (Lipinski definition) is 2. The highest BCUT2D eigenvalue weighted by molar-refractivity contribution is 5.13. The van der Waals surface area contributed by atoms with Gasteiger partial charge in [0.15, 0.2) is 0 Å². The molecule has 1 aromatic rings. The number of nitrogens with one attached hydrogen (secondary N) is 1. The maximum absolute atomic E-state index is 4.02. The monoisotopic (exact) mass is 218 g/mol. The molecule has 0 fully saturated rings. The van der Waals surface area contributed by atoms with Gasteiger partial charge in [0.25, 0.3) is 0 Å². The van der Waals surface area contributed by atoms with Crippen molar-refractivity contribution in [1.29, 1.82) is 0 Å². The average molecular weight is 218 g/mol. The number of hydrogen-bond donors (Lipinski definition) is 1. The predicted octanol–water partition coefficient (Wildman–Crippen LogP) is 3.48. The third-order valence-corrected chi connectivity index (χ3v) is 2.74. The Bertz CT molecular complexity index is 282. The molecule has 0 aliphatic carbocycles. The molecule has 1 rings (SSSR count). The lowest BCUT2D eigenvalue weighted by molar-refractivity contribution is 0.539. The summed E-state index contributed by atoms with van der Waals surface area (Å²) in [6, 6.07) is 4.55. The van der Waals surface area contributed by atoms with Crippen LogP contribution in [0.2, 0.25) is 0 Å². The molecule has 0 saturated heterocycles. The van der Waals surface area contributed by atoms with Crippen LogP contribution >= 0.6 is 0 Å². The first-order valence-corrected chi connectivity index (χ1v) is 6.09. The summed E-state index contributed by atoms with van der Waals surface area (Å²) in [4.78, 5) is 4.02.